The average molecular weight is 213 g/mol. The van der Waals surface area contributed by atoms with Gasteiger partial charge in [0.25, 0.3) is 0 Å². The summed E-state index contributed by atoms with van der Waals surface area (Å²) < 4.78 is 0. The Morgan fingerprint density at radius 2 is 2.27 bits per heavy atom. The number of rotatable bonds is 4. The quantitative estimate of drug-likeness (QED) is 0.642. The Labute approximate surface area is 90.2 Å². The van der Waals surface area contributed by atoms with Crippen LogP contribution in [0.15, 0.2) is 0 Å². The molecule has 0 spiro atoms. The standard InChI is InChI=1S/C10H19N3O2/c1-3-13(7-9(14)11-2)10(15)8-4-5-12-6-8/h8,12H,3-7H2,1-2H3,(H,11,14). The van der Waals surface area contributed by atoms with Crippen LogP contribution in [0, 0.1) is 5.92 Å². The lowest BCUT2D eigenvalue weighted by molar-refractivity contribution is -0.138. The number of hydrogen-bond donors (Lipinski definition) is 2. The maximum atomic E-state index is 11.9. The lowest BCUT2D eigenvalue weighted by Crippen LogP contribution is -2.42. The molecule has 0 bridgehead atoms. The van der Waals surface area contributed by atoms with Crippen LogP contribution >= 0.6 is 0 Å². The molecule has 0 aliphatic carbocycles. The van der Waals surface area contributed by atoms with Crippen molar-refractivity contribution in [3.8, 4) is 0 Å². The molecule has 1 heterocycles. The molecule has 2 amide bonds. The van der Waals surface area contributed by atoms with Crippen LogP contribution in [0.4, 0.5) is 0 Å². The normalized spacial score (nSPS) is 20.0. The van der Waals surface area contributed by atoms with Crippen LogP contribution in [-0.2, 0) is 9.59 Å². The molecule has 2 N–H and O–H groups in total. The van der Waals surface area contributed by atoms with E-state index >= 15 is 0 Å². The fourth-order valence-corrected chi connectivity index (χ4v) is 1.72. The van der Waals surface area contributed by atoms with Crippen molar-refractivity contribution < 1.29 is 9.59 Å². The van der Waals surface area contributed by atoms with Gasteiger partial charge >= 0.3 is 0 Å². The fourth-order valence-electron chi connectivity index (χ4n) is 1.72. The van der Waals surface area contributed by atoms with E-state index in [0.717, 1.165) is 19.5 Å². The summed E-state index contributed by atoms with van der Waals surface area (Å²) in [6.07, 6.45) is 0.878. The van der Waals surface area contributed by atoms with Gasteiger partial charge in [-0.25, -0.2) is 0 Å². The van der Waals surface area contributed by atoms with Crippen molar-refractivity contribution in [1.29, 1.82) is 0 Å². The first-order chi connectivity index (χ1) is 7.19. The van der Waals surface area contributed by atoms with E-state index in [2.05, 4.69) is 10.6 Å². The van der Waals surface area contributed by atoms with Crippen molar-refractivity contribution in [3.05, 3.63) is 0 Å². The Morgan fingerprint density at radius 3 is 2.73 bits per heavy atom. The highest BCUT2D eigenvalue weighted by atomic mass is 16.2. The zero-order chi connectivity index (χ0) is 11.3. The molecule has 1 unspecified atom stereocenters. The first-order valence-corrected chi connectivity index (χ1v) is 5.39. The predicted molar refractivity (Wildman–Crippen MR) is 57.3 cm³/mol. The summed E-state index contributed by atoms with van der Waals surface area (Å²) in [7, 11) is 1.58. The average Bonchev–Trinajstić information content (AvgIpc) is 2.77. The molecule has 1 aliphatic heterocycles. The number of carbonyl (C=O) groups is 2. The van der Waals surface area contributed by atoms with E-state index in [0.29, 0.717) is 6.54 Å². The monoisotopic (exact) mass is 213 g/mol. The van der Waals surface area contributed by atoms with Gasteiger partial charge in [0, 0.05) is 20.1 Å². The highest BCUT2D eigenvalue weighted by Gasteiger charge is 2.27. The number of hydrogen-bond acceptors (Lipinski definition) is 3. The maximum Gasteiger partial charge on any atom is 0.239 e. The lowest BCUT2D eigenvalue weighted by atomic mass is 10.1. The Balaban J connectivity index is 2.49. The summed E-state index contributed by atoms with van der Waals surface area (Å²) in [5.41, 5.74) is 0. The second-order valence-electron chi connectivity index (χ2n) is 3.72. The van der Waals surface area contributed by atoms with Crippen LogP contribution in [-0.4, -0.2) is 49.9 Å². The van der Waals surface area contributed by atoms with Gasteiger partial charge in [-0.3, -0.25) is 9.59 Å². The van der Waals surface area contributed by atoms with Crippen LogP contribution in [0.5, 0.6) is 0 Å². The largest absolute Gasteiger partial charge is 0.358 e. The minimum absolute atomic E-state index is 0.0506. The first-order valence-electron chi connectivity index (χ1n) is 5.39. The molecule has 0 aromatic heterocycles. The minimum Gasteiger partial charge on any atom is -0.358 e. The smallest absolute Gasteiger partial charge is 0.239 e. The van der Waals surface area contributed by atoms with Crippen LogP contribution < -0.4 is 10.6 Å². The number of nitrogens with zero attached hydrogens (tertiary/aromatic N) is 1. The Bertz CT molecular complexity index is 237. The molecular formula is C10H19N3O2. The molecule has 5 heteroatoms. The molecule has 1 fully saturated rings. The second-order valence-corrected chi connectivity index (χ2v) is 3.72. The topological polar surface area (TPSA) is 61.4 Å². The van der Waals surface area contributed by atoms with Crippen LogP contribution in [0.3, 0.4) is 0 Å². The van der Waals surface area contributed by atoms with Crippen LogP contribution in [0.25, 0.3) is 0 Å². The predicted octanol–water partition coefficient (Wildman–Crippen LogP) is -0.810. The summed E-state index contributed by atoms with van der Waals surface area (Å²) in [6, 6.07) is 0. The second kappa shape index (κ2) is 5.70. The van der Waals surface area contributed by atoms with Crippen LogP contribution in [0.2, 0.25) is 0 Å². The highest BCUT2D eigenvalue weighted by molar-refractivity contribution is 5.86. The highest BCUT2D eigenvalue weighted by Crippen LogP contribution is 2.11. The zero-order valence-corrected chi connectivity index (χ0v) is 9.38. The van der Waals surface area contributed by atoms with E-state index in [1.54, 1.807) is 11.9 Å². The van der Waals surface area contributed by atoms with Crippen molar-refractivity contribution in [2.45, 2.75) is 13.3 Å². The van der Waals surface area contributed by atoms with Gasteiger partial charge in [0.2, 0.25) is 11.8 Å². The number of amides is 2. The minimum atomic E-state index is -0.115. The van der Waals surface area contributed by atoms with E-state index in [1.807, 2.05) is 6.92 Å². The third kappa shape index (κ3) is 3.20. The third-order valence-corrected chi connectivity index (χ3v) is 2.72. The van der Waals surface area contributed by atoms with Crippen LogP contribution in [0.1, 0.15) is 13.3 Å². The Hall–Kier alpha value is -1.10. The third-order valence-electron chi connectivity index (χ3n) is 2.72. The molecule has 1 aliphatic rings. The summed E-state index contributed by atoms with van der Waals surface area (Å²) in [4.78, 5) is 24.7. The van der Waals surface area contributed by atoms with Gasteiger partial charge in [-0.05, 0) is 19.9 Å². The Kier molecular flexibility index (Phi) is 4.55. The maximum absolute atomic E-state index is 11.9. The van der Waals surface area contributed by atoms with E-state index in [4.69, 9.17) is 0 Å². The van der Waals surface area contributed by atoms with Gasteiger partial charge in [-0.2, -0.15) is 0 Å². The van der Waals surface area contributed by atoms with Gasteiger partial charge in [-0.15, -0.1) is 0 Å². The molecule has 1 atom stereocenters. The van der Waals surface area contributed by atoms with E-state index < -0.39 is 0 Å². The SMILES string of the molecule is CCN(CC(=O)NC)C(=O)C1CCNC1. The van der Waals surface area contributed by atoms with E-state index in [-0.39, 0.29) is 24.3 Å². The van der Waals surface area contributed by atoms with E-state index in [1.165, 1.54) is 0 Å². The van der Waals surface area contributed by atoms with E-state index in [9.17, 15) is 9.59 Å². The van der Waals surface area contributed by atoms with Gasteiger partial charge in [0.1, 0.15) is 0 Å². The fraction of sp³-hybridized carbons (Fsp3) is 0.800. The molecule has 0 aromatic rings. The molecule has 1 saturated heterocycles. The van der Waals surface area contributed by atoms with Gasteiger partial charge < -0.3 is 15.5 Å². The molecule has 5 nitrogen and oxygen atoms in total. The van der Waals surface area contributed by atoms with Crippen molar-refractivity contribution >= 4 is 11.8 Å². The van der Waals surface area contributed by atoms with Crippen molar-refractivity contribution in [1.82, 2.24) is 15.5 Å². The number of carbonyl (C=O) groups excluding carboxylic acids is 2. The van der Waals surface area contributed by atoms with Gasteiger partial charge in [-0.1, -0.05) is 0 Å². The Morgan fingerprint density at radius 1 is 1.53 bits per heavy atom. The number of likely N-dealkylation sites (N-methyl/N-ethyl adjacent to an activating group) is 2. The zero-order valence-electron chi connectivity index (χ0n) is 9.38. The summed E-state index contributed by atoms with van der Waals surface area (Å²) in [5.74, 6) is 0.0249. The van der Waals surface area contributed by atoms with Gasteiger partial charge in [0.15, 0.2) is 0 Å². The molecular weight excluding hydrogens is 194 g/mol. The molecule has 86 valence electrons. The first kappa shape index (κ1) is 12.0. The molecule has 15 heavy (non-hydrogen) atoms. The molecule has 0 saturated carbocycles. The molecule has 1 rings (SSSR count). The summed E-state index contributed by atoms with van der Waals surface area (Å²) >= 11 is 0. The molecule has 0 radical (unpaired) electrons. The van der Waals surface area contributed by atoms with Crippen molar-refractivity contribution in [2.75, 3.05) is 33.2 Å². The summed E-state index contributed by atoms with van der Waals surface area (Å²) in [5, 5.41) is 5.68. The summed E-state index contributed by atoms with van der Waals surface area (Å²) in [6.45, 7) is 4.28. The lowest BCUT2D eigenvalue weighted by Gasteiger charge is -2.22. The number of nitrogens with one attached hydrogen (secondary N) is 2. The van der Waals surface area contributed by atoms with Crippen molar-refractivity contribution in [2.24, 2.45) is 5.92 Å². The van der Waals surface area contributed by atoms with Crippen molar-refractivity contribution in [3.63, 3.8) is 0 Å². The van der Waals surface area contributed by atoms with Gasteiger partial charge in [0.05, 0.1) is 12.5 Å². The molecule has 0 aromatic carbocycles.